The SMILES string of the molecule is C=C1c2ccccc2C(=O)N1CCC(=O)Nc1cc(C)nn1[C@@H]1CCS(=O)(=O)C1. The highest BCUT2D eigenvalue weighted by atomic mass is 32.2. The van der Waals surface area contributed by atoms with Crippen LogP contribution in [-0.4, -0.2) is 53.0 Å². The van der Waals surface area contributed by atoms with Crippen LogP contribution in [0.1, 0.15) is 40.5 Å². The molecule has 0 aliphatic carbocycles. The Labute approximate surface area is 169 Å². The molecule has 0 saturated carbocycles. The predicted molar refractivity (Wildman–Crippen MR) is 109 cm³/mol. The van der Waals surface area contributed by atoms with Crippen molar-refractivity contribution in [2.75, 3.05) is 23.4 Å². The van der Waals surface area contributed by atoms with Gasteiger partial charge in [0.2, 0.25) is 5.91 Å². The summed E-state index contributed by atoms with van der Waals surface area (Å²) in [7, 11) is -3.07. The highest BCUT2D eigenvalue weighted by Gasteiger charge is 2.32. The van der Waals surface area contributed by atoms with E-state index in [1.54, 1.807) is 29.8 Å². The first-order valence-corrected chi connectivity index (χ1v) is 11.2. The number of amides is 2. The molecule has 1 aromatic carbocycles. The van der Waals surface area contributed by atoms with Gasteiger partial charge < -0.3 is 10.2 Å². The first-order valence-electron chi connectivity index (χ1n) is 9.42. The fourth-order valence-electron chi connectivity index (χ4n) is 3.85. The number of nitrogens with one attached hydrogen (secondary N) is 1. The molecule has 0 radical (unpaired) electrons. The van der Waals surface area contributed by atoms with E-state index in [0.717, 1.165) is 5.56 Å². The summed E-state index contributed by atoms with van der Waals surface area (Å²) in [4.78, 5) is 26.6. The summed E-state index contributed by atoms with van der Waals surface area (Å²) in [5.74, 6) is 0.199. The van der Waals surface area contributed by atoms with Crippen LogP contribution < -0.4 is 5.32 Å². The zero-order valence-electron chi connectivity index (χ0n) is 16.1. The van der Waals surface area contributed by atoms with Gasteiger partial charge in [-0.25, -0.2) is 13.1 Å². The summed E-state index contributed by atoms with van der Waals surface area (Å²) in [6, 6.07) is 8.68. The molecule has 8 nitrogen and oxygen atoms in total. The Balaban J connectivity index is 1.42. The average Bonchev–Trinajstić information content (AvgIpc) is 3.29. The zero-order chi connectivity index (χ0) is 20.8. The van der Waals surface area contributed by atoms with Crippen molar-refractivity contribution in [3.63, 3.8) is 0 Å². The van der Waals surface area contributed by atoms with Gasteiger partial charge in [0, 0.05) is 35.9 Å². The molecular weight excluding hydrogens is 392 g/mol. The molecule has 1 N–H and O–H groups in total. The van der Waals surface area contributed by atoms with Crippen LogP contribution in [0, 0.1) is 6.92 Å². The van der Waals surface area contributed by atoms with Gasteiger partial charge >= 0.3 is 0 Å². The quantitative estimate of drug-likeness (QED) is 0.806. The van der Waals surface area contributed by atoms with E-state index in [1.807, 2.05) is 12.1 Å². The first-order chi connectivity index (χ1) is 13.7. The lowest BCUT2D eigenvalue weighted by Gasteiger charge is -2.18. The number of hydrogen-bond donors (Lipinski definition) is 1. The lowest BCUT2D eigenvalue weighted by atomic mass is 10.1. The van der Waals surface area contributed by atoms with E-state index >= 15 is 0 Å². The van der Waals surface area contributed by atoms with Crippen molar-refractivity contribution < 1.29 is 18.0 Å². The van der Waals surface area contributed by atoms with Crippen LogP contribution in [0.3, 0.4) is 0 Å². The molecule has 0 spiro atoms. The molecule has 4 rings (SSSR count). The van der Waals surface area contributed by atoms with Gasteiger partial charge in [-0.05, 0) is 19.4 Å². The number of nitrogens with zero attached hydrogens (tertiary/aromatic N) is 3. The van der Waals surface area contributed by atoms with E-state index in [4.69, 9.17) is 0 Å². The van der Waals surface area contributed by atoms with Gasteiger partial charge in [-0.15, -0.1) is 0 Å². The van der Waals surface area contributed by atoms with Crippen molar-refractivity contribution in [3.05, 3.63) is 53.7 Å². The fraction of sp³-hybridized carbons (Fsp3) is 0.350. The number of rotatable bonds is 5. The number of carbonyl (C=O) groups is 2. The second kappa shape index (κ2) is 7.14. The third-order valence-corrected chi connectivity index (χ3v) is 7.03. The Morgan fingerprint density at radius 3 is 2.69 bits per heavy atom. The minimum Gasteiger partial charge on any atom is -0.311 e. The van der Waals surface area contributed by atoms with Gasteiger partial charge in [-0.1, -0.05) is 24.8 Å². The molecule has 2 aromatic rings. The zero-order valence-corrected chi connectivity index (χ0v) is 16.9. The molecule has 152 valence electrons. The Morgan fingerprint density at radius 2 is 2.03 bits per heavy atom. The first kappa shape index (κ1) is 19.4. The molecule has 29 heavy (non-hydrogen) atoms. The van der Waals surface area contributed by atoms with Crippen molar-refractivity contribution in [1.29, 1.82) is 0 Å². The Morgan fingerprint density at radius 1 is 1.31 bits per heavy atom. The number of aromatic nitrogens is 2. The maximum atomic E-state index is 12.5. The van der Waals surface area contributed by atoms with Crippen LogP contribution in [0.5, 0.6) is 0 Å². The van der Waals surface area contributed by atoms with E-state index in [2.05, 4.69) is 17.0 Å². The molecule has 0 bridgehead atoms. The van der Waals surface area contributed by atoms with Crippen LogP contribution in [0.2, 0.25) is 0 Å². The van der Waals surface area contributed by atoms with E-state index in [-0.39, 0.29) is 42.3 Å². The molecule has 1 fully saturated rings. The molecule has 1 saturated heterocycles. The van der Waals surface area contributed by atoms with Gasteiger partial charge in [0.1, 0.15) is 5.82 Å². The summed E-state index contributed by atoms with van der Waals surface area (Å²) >= 11 is 0. The van der Waals surface area contributed by atoms with Crippen molar-refractivity contribution in [2.24, 2.45) is 0 Å². The number of hydrogen-bond acceptors (Lipinski definition) is 5. The van der Waals surface area contributed by atoms with Crippen molar-refractivity contribution in [1.82, 2.24) is 14.7 Å². The fourth-order valence-corrected chi connectivity index (χ4v) is 5.54. The highest BCUT2D eigenvalue weighted by molar-refractivity contribution is 7.91. The second-order valence-electron chi connectivity index (χ2n) is 7.42. The molecule has 9 heteroatoms. The molecule has 1 aromatic heterocycles. The smallest absolute Gasteiger partial charge is 0.258 e. The number of anilines is 1. The lowest BCUT2D eigenvalue weighted by Crippen LogP contribution is -2.28. The third-order valence-electron chi connectivity index (χ3n) is 5.28. The number of aryl methyl sites for hydroxylation is 1. The monoisotopic (exact) mass is 414 g/mol. The van der Waals surface area contributed by atoms with E-state index in [0.29, 0.717) is 29.2 Å². The van der Waals surface area contributed by atoms with Crippen LogP contribution in [0.25, 0.3) is 5.70 Å². The second-order valence-corrected chi connectivity index (χ2v) is 9.65. The van der Waals surface area contributed by atoms with Gasteiger partial charge in [0.15, 0.2) is 9.84 Å². The molecule has 3 heterocycles. The van der Waals surface area contributed by atoms with Crippen LogP contribution in [-0.2, 0) is 14.6 Å². The van der Waals surface area contributed by atoms with Crippen LogP contribution >= 0.6 is 0 Å². The standard InChI is InChI=1S/C20H22N4O4S/c1-13-11-18(24(22-13)15-8-10-29(27,28)12-15)21-19(25)7-9-23-14(2)16-5-3-4-6-17(16)20(23)26/h3-6,11,15H,2,7-10,12H2,1H3,(H,21,25)/t15-/m1/s1. The molecule has 2 amide bonds. The van der Waals surface area contributed by atoms with Crippen molar-refractivity contribution in [3.8, 4) is 0 Å². The van der Waals surface area contributed by atoms with Crippen LogP contribution in [0.15, 0.2) is 36.9 Å². The average molecular weight is 414 g/mol. The Bertz CT molecular complexity index is 1080. The molecule has 2 aliphatic heterocycles. The van der Waals surface area contributed by atoms with Gasteiger partial charge in [0.25, 0.3) is 5.91 Å². The Kier molecular flexibility index (Phi) is 4.77. The lowest BCUT2D eigenvalue weighted by molar-refractivity contribution is -0.116. The minimum absolute atomic E-state index is 0.0252. The number of fused-ring (bicyclic) bond motifs is 1. The summed E-state index contributed by atoms with van der Waals surface area (Å²) in [5, 5.41) is 7.17. The predicted octanol–water partition coefficient (Wildman–Crippen LogP) is 2.01. The molecule has 0 unspecified atom stereocenters. The van der Waals surface area contributed by atoms with Crippen molar-refractivity contribution >= 4 is 33.2 Å². The number of benzene rings is 1. The van der Waals surface area contributed by atoms with E-state index in [9.17, 15) is 18.0 Å². The van der Waals surface area contributed by atoms with Crippen LogP contribution in [0.4, 0.5) is 5.82 Å². The van der Waals surface area contributed by atoms with Gasteiger partial charge in [0.05, 0.1) is 23.2 Å². The maximum absolute atomic E-state index is 12.5. The largest absolute Gasteiger partial charge is 0.311 e. The minimum atomic E-state index is -3.07. The van der Waals surface area contributed by atoms with Crippen molar-refractivity contribution in [2.45, 2.75) is 25.8 Å². The summed E-state index contributed by atoms with van der Waals surface area (Å²) in [6.45, 7) is 5.98. The third kappa shape index (κ3) is 3.69. The number of carbonyl (C=O) groups excluding carboxylic acids is 2. The van der Waals surface area contributed by atoms with Gasteiger partial charge in [-0.3, -0.25) is 9.59 Å². The number of sulfone groups is 1. The Hall–Kier alpha value is -2.94. The summed E-state index contributed by atoms with van der Waals surface area (Å²) in [5.41, 5.74) is 2.67. The van der Waals surface area contributed by atoms with E-state index < -0.39 is 9.84 Å². The topological polar surface area (TPSA) is 101 Å². The normalized spacial score (nSPS) is 20.2. The molecule has 2 aliphatic rings. The maximum Gasteiger partial charge on any atom is 0.258 e. The van der Waals surface area contributed by atoms with Gasteiger partial charge in [-0.2, -0.15) is 5.10 Å². The molecule has 1 atom stereocenters. The summed E-state index contributed by atoms with van der Waals surface area (Å²) < 4.78 is 25.2. The van der Waals surface area contributed by atoms with E-state index in [1.165, 1.54) is 4.90 Å². The summed E-state index contributed by atoms with van der Waals surface area (Å²) in [6.07, 6.45) is 0.568. The molecular formula is C20H22N4O4S. The highest BCUT2D eigenvalue weighted by Crippen LogP contribution is 2.31.